The van der Waals surface area contributed by atoms with Crippen molar-refractivity contribution in [1.29, 1.82) is 0 Å². The number of hydrogen-bond donors (Lipinski definition) is 2. The van der Waals surface area contributed by atoms with Gasteiger partial charge >= 0.3 is 0 Å². The first-order chi connectivity index (χ1) is 10.2. The quantitative estimate of drug-likeness (QED) is 0.766. The Hall–Kier alpha value is -2.27. The molecule has 0 aliphatic heterocycles. The van der Waals surface area contributed by atoms with Crippen LogP contribution in [0.5, 0.6) is 0 Å². The summed E-state index contributed by atoms with van der Waals surface area (Å²) in [6, 6.07) is 9.97. The lowest BCUT2D eigenvalue weighted by Crippen LogP contribution is -2.27. The molecule has 0 aliphatic rings. The van der Waals surface area contributed by atoms with Crippen molar-refractivity contribution < 1.29 is 9.18 Å². The minimum atomic E-state index is -0.273. The largest absolute Gasteiger partial charge is 0.352 e. The monoisotopic (exact) mass is 287 g/mol. The molecule has 21 heavy (non-hydrogen) atoms. The first-order valence-corrected chi connectivity index (χ1v) is 6.85. The first kappa shape index (κ1) is 15.1. The van der Waals surface area contributed by atoms with E-state index in [0.717, 1.165) is 11.1 Å². The number of rotatable bonds is 7. The predicted octanol–water partition coefficient (Wildman–Crippen LogP) is 2.02. The molecule has 110 valence electrons. The SMILES string of the molecule is O=C(CCNCc1ccncc1)NCc1ccc(F)cc1. The molecule has 1 aromatic carbocycles. The van der Waals surface area contributed by atoms with Crippen molar-refractivity contribution in [3.63, 3.8) is 0 Å². The van der Waals surface area contributed by atoms with Crippen LogP contribution in [0, 0.1) is 5.82 Å². The average Bonchev–Trinajstić information content (AvgIpc) is 2.52. The second-order valence-electron chi connectivity index (χ2n) is 4.69. The van der Waals surface area contributed by atoms with Crippen molar-refractivity contribution in [2.24, 2.45) is 0 Å². The molecule has 1 amide bonds. The highest BCUT2D eigenvalue weighted by Crippen LogP contribution is 2.02. The van der Waals surface area contributed by atoms with Gasteiger partial charge in [0.15, 0.2) is 0 Å². The maximum atomic E-state index is 12.7. The first-order valence-electron chi connectivity index (χ1n) is 6.85. The molecule has 0 unspecified atom stereocenters. The lowest BCUT2D eigenvalue weighted by Gasteiger charge is -2.07. The van der Waals surface area contributed by atoms with Crippen LogP contribution in [0.25, 0.3) is 0 Å². The number of benzene rings is 1. The number of carbonyl (C=O) groups is 1. The maximum Gasteiger partial charge on any atom is 0.221 e. The Morgan fingerprint density at radius 2 is 1.67 bits per heavy atom. The van der Waals surface area contributed by atoms with E-state index in [-0.39, 0.29) is 11.7 Å². The molecular formula is C16H18FN3O. The highest BCUT2D eigenvalue weighted by atomic mass is 19.1. The molecule has 5 heteroatoms. The van der Waals surface area contributed by atoms with Crippen molar-refractivity contribution in [1.82, 2.24) is 15.6 Å². The number of pyridine rings is 1. The Balaban J connectivity index is 1.60. The van der Waals surface area contributed by atoms with Gasteiger partial charge in [-0.1, -0.05) is 12.1 Å². The molecule has 0 saturated heterocycles. The fourth-order valence-corrected chi connectivity index (χ4v) is 1.83. The molecule has 0 fully saturated rings. The molecule has 2 N–H and O–H groups in total. The van der Waals surface area contributed by atoms with Gasteiger partial charge in [-0.15, -0.1) is 0 Å². The van der Waals surface area contributed by atoms with Crippen LogP contribution in [0.2, 0.25) is 0 Å². The highest BCUT2D eigenvalue weighted by molar-refractivity contribution is 5.76. The van der Waals surface area contributed by atoms with E-state index in [1.165, 1.54) is 12.1 Å². The zero-order chi connectivity index (χ0) is 14.9. The third-order valence-electron chi connectivity index (χ3n) is 3.01. The van der Waals surface area contributed by atoms with Gasteiger partial charge in [-0.05, 0) is 35.4 Å². The van der Waals surface area contributed by atoms with Crippen LogP contribution in [-0.2, 0) is 17.9 Å². The fourth-order valence-electron chi connectivity index (χ4n) is 1.83. The average molecular weight is 287 g/mol. The van der Waals surface area contributed by atoms with Crippen LogP contribution in [0.3, 0.4) is 0 Å². The van der Waals surface area contributed by atoms with Crippen LogP contribution < -0.4 is 10.6 Å². The Kier molecular flexibility index (Phi) is 5.84. The Morgan fingerprint density at radius 1 is 1.00 bits per heavy atom. The van der Waals surface area contributed by atoms with Gasteiger partial charge in [0.1, 0.15) is 5.82 Å². The van der Waals surface area contributed by atoms with E-state index in [0.29, 0.717) is 26.1 Å². The Labute approximate surface area is 123 Å². The minimum absolute atomic E-state index is 0.0263. The van der Waals surface area contributed by atoms with Crippen molar-refractivity contribution in [2.75, 3.05) is 6.54 Å². The van der Waals surface area contributed by atoms with E-state index in [4.69, 9.17) is 0 Å². The summed E-state index contributed by atoms with van der Waals surface area (Å²) in [7, 11) is 0. The number of carbonyl (C=O) groups excluding carboxylic acids is 1. The van der Waals surface area contributed by atoms with Crippen molar-refractivity contribution >= 4 is 5.91 Å². The second-order valence-corrected chi connectivity index (χ2v) is 4.69. The summed E-state index contributed by atoms with van der Waals surface area (Å²) < 4.78 is 12.7. The lowest BCUT2D eigenvalue weighted by molar-refractivity contribution is -0.121. The van der Waals surface area contributed by atoms with Gasteiger partial charge in [0.25, 0.3) is 0 Å². The molecular weight excluding hydrogens is 269 g/mol. The van der Waals surface area contributed by atoms with Gasteiger partial charge in [-0.25, -0.2) is 4.39 Å². The molecule has 0 aliphatic carbocycles. The number of hydrogen-bond acceptors (Lipinski definition) is 3. The minimum Gasteiger partial charge on any atom is -0.352 e. The number of amides is 1. The molecule has 0 atom stereocenters. The number of nitrogens with zero attached hydrogens (tertiary/aromatic N) is 1. The van der Waals surface area contributed by atoms with E-state index in [9.17, 15) is 9.18 Å². The van der Waals surface area contributed by atoms with Crippen LogP contribution in [0.15, 0.2) is 48.8 Å². The van der Waals surface area contributed by atoms with Crippen LogP contribution in [0.1, 0.15) is 17.5 Å². The van der Waals surface area contributed by atoms with Gasteiger partial charge in [-0.3, -0.25) is 9.78 Å². The Bertz CT molecular complexity index is 557. The van der Waals surface area contributed by atoms with Crippen LogP contribution >= 0.6 is 0 Å². The molecule has 2 rings (SSSR count). The molecule has 0 spiro atoms. The van der Waals surface area contributed by atoms with Gasteiger partial charge in [0.2, 0.25) is 5.91 Å². The van der Waals surface area contributed by atoms with E-state index in [1.807, 2.05) is 12.1 Å². The molecule has 1 aromatic heterocycles. The molecule has 1 heterocycles. The summed E-state index contributed by atoms with van der Waals surface area (Å²) in [5.41, 5.74) is 2.02. The van der Waals surface area contributed by atoms with Crippen molar-refractivity contribution in [2.45, 2.75) is 19.5 Å². The summed E-state index contributed by atoms with van der Waals surface area (Å²) in [6.07, 6.45) is 3.89. The fraction of sp³-hybridized carbons (Fsp3) is 0.250. The standard InChI is InChI=1S/C16H18FN3O/c17-15-3-1-13(2-4-15)12-20-16(21)7-10-19-11-14-5-8-18-9-6-14/h1-6,8-9,19H,7,10-12H2,(H,20,21). The number of aromatic nitrogens is 1. The molecule has 0 bridgehead atoms. The molecule has 4 nitrogen and oxygen atoms in total. The summed E-state index contributed by atoms with van der Waals surface area (Å²) in [5.74, 6) is -0.299. The molecule has 2 aromatic rings. The Morgan fingerprint density at radius 3 is 2.38 bits per heavy atom. The van der Waals surface area contributed by atoms with Gasteiger partial charge < -0.3 is 10.6 Å². The predicted molar refractivity (Wildman–Crippen MR) is 78.8 cm³/mol. The third kappa shape index (κ3) is 5.71. The summed E-state index contributed by atoms with van der Waals surface area (Å²) in [4.78, 5) is 15.6. The third-order valence-corrected chi connectivity index (χ3v) is 3.01. The van der Waals surface area contributed by atoms with Crippen LogP contribution in [0.4, 0.5) is 4.39 Å². The summed E-state index contributed by atoms with van der Waals surface area (Å²) in [5, 5.41) is 6.01. The van der Waals surface area contributed by atoms with Gasteiger partial charge in [0.05, 0.1) is 0 Å². The second kappa shape index (κ2) is 8.11. The van der Waals surface area contributed by atoms with Gasteiger partial charge in [0, 0.05) is 38.4 Å². The van der Waals surface area contributed by atoms with Crippen LogP contribution in [-0.4, -0.2) is 17.4 Å². The summed E-state index contributed by atoms with van der Waals surface area (Å²) in [6.45, 7) is 1.74. The number of halogens is 1. The lowest BCUT2D eigenvalue weighted by atomic mass is 10.2. The summed E-state index contributed by atoms with van der Waals surface area (Å²) >= 11 is 0. The topological polar surface area (TPSA) is 54.0 Å². The van der Waals surface area contributed by atoms with Gasteiger partial charge in [-0.2, -0.15) is 0 Å². The van der Waals surface area contributed by atoms with E-state index >= 15 is 0 Å². The zero-order valence-electron chi connectivity index (χ0n) is 11.7. The van der Waals surface area contributed by atoms with E-state index in [1.54, 1.807) is 24.5 Å². The molecule has 0 radical (unpaired) electrons. The van der Waals surface area contributed by atoms with E-state index in [2.05, 4.69) is 15.6 Å². The molecule has 0 saturated carbocycles. The maximum absolute atomic E-state index is 12.7. The van der Waals surface area contributed by atoms with E-state index < -0.39 is 0 Å². The smallest absolute Gasteiger partial charge is 0.221 e. The van der Waals surface area contributed by atoms with Crippen molar-refractivity contribution in [3.05, 3.63) is 65.7 Å². The zero-order valence-corrected chi connectivity index (χ0v) is 11.7. The number of nitrogens with one attached hydrogen (secondary N) is 2. The highest BCUT2D eigenvalue weighted by Gasteiger charge is 2.01. The van der Waals surface area contributed by atoms with Crippen molar-refractivity contribution in [3.8, 4) is 0 Å². The normalized spacial score (nSPS) is 10.3.